The van der Waals surface area contributed by atoms with E-state index in [0.717, 1.165) is 0 Å². The van der Waals surface area contributed by atoms with Gasteiger partial charge in [0.2, 0.25) is 15.9 Å². The highest BCUT2D eigenvalue weighted by Gasteiger charge is 2.37. The molecule has 0 unspecified atom stereocenters. The van der Waals surface area contributed by atoms with E-state index in [4.69, 9.17) is 22.1 Å². The number of amides is 2. The van der Waals surface area contributed by atoms with Gasteiger partial charge in [-0.2, -0.15) is 4.72 Å². The molecule has 34 heavy (non-hydrogen) atoms. The van der Waals surface area contributed by atoms with E-state index in [-0.39, 0.29) is 48.2 Å². The fourth-order valence-electron chi connectivity index (χ4n) is 3.97. The minimum Gasteiger partial charge on any atom is -0.377 e. The zero-order valence-electron chi connectivity index (χ0n) is 19.1. The highest BCUT2D eigenvalue weighted by Crippen LogP contribution is 2.29. The number of primary amides is 1. The number of hydrogen-bond donors (Lipinski definition) is 2. The third kappa shape index (κ3) is 5.17. The average molecular weight is 511 g/mol. The number of morpholine rings is 1. The fraction of sp³-hybridized carbons (Fsp3) is 0.409. The van der Waals surface area contributed by atoms with Crippen molar-refractivity contribution in [3.05, 3.63) is 51.4 Å². The van der Waals surface area contributed by atoms with Gasteiger partial charge in [0.1, 0.15) is 0 Å². The average Bonchev–Trinajstić information content (AvgIpc) is 2.79. The Morgan fingerprint density at radius 3 is 2.65 bits per heavy atom. The van der Waals surface area contributed by atoms with Gasteiger partial charge in [-0.1, -0.05) is 30.7 Å². The number of nitrogens with zero attached hydrogens (tertiary/aromatic N) is 2. The fourth-order valence-corrected chi connectivity index (χ4v) is 5.71. The Bertz CT molecular complexity index is 1280. The van der Waals surface area contributed by atoms with Gasteiger partial charge < -0.3 is 19.9 Å². The minimum atomic E-state index is -4.38. The SMILES string of the molecule is CCc1c(-c2cc(Cl)cn(C)c2=O)cccc1S(=O)(=O)N[C@@H](C(N)=O)C(=O)N1CCOC[C@@H]1C. The van der Waals surface area contributed by atoms with E-state index in [9.17, 15) is 22.8 Å². The van der Waals surface area contributed by atoms with Crippen molar-refractivity contribution < 1.29 is 22.7 Å². The van der Waals surface area contributed by atoms with Gasteiger partial charge in [-0.3, -0.25) is 14.4 Å². The van der Waals surface area contributed by atoms with E-state index in [1.165, 1.54) is 33.9 Å². The van der Waals surface area contributed by atoms with Crippen molar-refractivity contribution in [1.29, 1.82) is 0 Å². The molecule has 2 amide bonds. The lowest BCUT2D eigenvalue weighted by molar-refractivity contribution is -0.144. The summed E-state index contributed by atoms with van der Waals surface area (Å²) >= 11 is 6.13. The summed E-state index contributed by atoms with van der Waals surface area (Å²) in [6.45, 7) is 4.21. The number of pyridine rings is 1. The van der Waals surface area contributed by atoms with Crippen LogP contribution in [0.3, 0.4) is 0 Å². The van der Waals surface area contributed by atoms with Crippen LogP contribution < -0.4 is 16.0 Å². The van der Waals surface area contributed by atoms with Crippen molar-refractivity contribution in [3.63, 3.8) is 0 Å². The molecule has 2 aromatic rings. The summed E-state index contributed by atoms with van der Waals surface area (Å²) in [4.78, 5) is 39.1. The smallest absolute Gasteiger partial charge is 0.258 e. The Morgan fingerprint density at radius 2 is 2.03 bits per heavy atom. The van der Waals surface area contributed by atoms with Gasteiger partial charge in [0.05, 0.1) is 29.2 Å². The first-order valence-corrected chi connectivity index (χ1v) is 12.5. The number of nitrogens with one attached hydrogen (secondary N) is 1. The van der Waals surface area contributed by atoms with Crippen LogP contribution in [0.1, 0.15) is 19.4 Å². The Balaban J connectivity index is 2.05. The second kappa shape index (κ2) is 10.3. The van der Waals surface area contributed by atoms with Crippen LogP contribution in [0.25, 0.3) is 11.1 Å². The molecule has 0 aliphatic carbocycles. The predicted molar refractivity (Wildman–Crippen MR) is 127 cm³/mol. The predicted octanol–water partition coefficient (Wildman–Crippen LogP) is 0.648. The zero-order chi connectivity index (χ0) is 25.2. The standard InChI is InChI=1S/C22H27ClN4O6S/c1-4-15-16(17-10-14(23)11-26(3)21(17)29)6-5-7-18(15)34(31,32)25-19(20(24)28)22(30)27-8-9-33-12-13(27)2/h5-7,10-11,13,19,25H,4,8-9,12H2,1-3H3,(H2,24,28)/t13-,19-/m0/s1. The Morgan fingerprint density at radius 1 is 1.32 bits per heavy atom. The summed E-state index contributed by atoms with van der Waals surface area (Å²) < 4.78 is 35.5. The number of ether oxygens (including phenoxy) is 1. The van der Waals surface area contributed by atoms with Crippen molar-refractivity contribution in [2.75, 3.05) is 19.8 Å². The van der Waals surface area contributed by atoms with Crippen molar-refractivity contribution in [1.82, 2.24) is 14.2 Å². The lowest BCUT2D eigenvalue weighted by Gasteiger charge is -2.35. The first-order chi connectivity index (χ1) is 16.0. The molecule has 1 fully saturated rings. The van der Waals surface area contributed by atoms with Crippen LogP contribution in [0.5, 0.6) is 0 Å². The number of rotatable bonds is 7. The number of carbonyl (C=O) groups is 2. The molecule has 0 radical (unpaired) electrons. The van der Waals surface area contributed by atoms with Crippen molar-refractivity contribution in [3.8, 4) is 11.1 Å². The first kappa shape index (κ1) is 25.9. The molecule has 0 bridgehead atoms. The highest BCUT2D eigenvalue weighted by atomic mass is 35.5. The molecule has 0 spiro atoms. The third-order valence-electron chi connectivity index (χ3n) is 5.67. The summed E-state index contributed by atoms with van der Waals surface area (Å²) in [6.07, 6.45) is 1.70. The maximum absolute atomic E-state index is 13.4. The number of nitrogens with two attached hydrogens (primary N) is 1. The highest BCUT2D eigenvalue weighted by molar-refractivity contribution is 7.89. The van der Waals surface area contributed by atoms with E-state index < -0.39 is 27.9 Å². The number of aryl methyl sites for hydroxylation is 1. The van der Waals surface area contributed by atoms with Crippen LogP contribution in [0, 0.1) is 0 Å². The van der Waals surface area contributed by atoms with Crippen LogP contribution in [0.4, 0.5) is 0 Å². The number of halogens is 1. The molecule has 1 saturated heterocycles. The van der Waals surface area contributed by atoms with Crippen LogP contribution in [-0.2, 0) is 37.8 Å². The van der Waals surface area contributed by atoms with E-state index in [0.29, 0.717) is 16.1 Å². The van der Waals surface area contributed by atoms with Crippen molar-refractivity contribution in [2.45, 2.75) is 37.2 Å². The molecule has 1 aliphatic heterocycles. The number of carbonyl (C=O) groups excluding carboxylic acids is 2. The second-order valence-electron chi connectivity index (χ2n) is 8.04. The molecule has 12 heteroatoms. The molecule has 3 rings (SSSR count). The molecule has 3 N–H and O–H groups in total. The molecular formula is C22H27ClN4O6S. The van der Waals surface area contributed by atoms with Gasteiger partial charge in [0.25, 0.3) is 11.5 Å². The molecule has 2 atom stereocenters. The van der Waals surface area contributed by atoms with Gasteiger partial charge in [-0.25, -0.2) is 8.42 Å². The molecule has 10 nitrogen and oxygen atoms in total. The summed E-state index contributed by atoms with van der Waals surface area (Å²) in [6, 6.07) is 3.78. The van der Waals surface area contributed by atoms with E-state index in [2.05, 4.69) is 4.72 Å². The maximum atomic E-state index is 13.4. The topological polar surface area (TPSA) is 141 Å². The largest absolute Gasteiger partial charge is 0.377 e. The van der Waals surface area contributed by atoms with Gasteiger partial charge in [-0.05, 0) is 36.6 Å². The lowest BCUT2D eigenvalue weighted by atomic mass is 9.99. The minimum absolute atomic E-state index is 0.163. The van der Waals surface area contributed by atoms with Gasteiger partial charge in [0.15, 0.2) is 6.04 Å². The van der Waals surface area contributed by atoms with Crippen LogP contribution in [0.2, 0.25) is 5.02 Å². The molecule has 2 heterocycles. The molecule has 0 saturated carbocycles. The van der Waals surface area contributed by atoms with Crippen LogP contribution in [0.15, 0.2) is 40.2 Å². The first-order valence-electron chi connectivity index (χ1n) is 10.7. The third-order valence-corrected chi connectivity index (χ3v) is 7.39. The lowest BCUT2D eigenvalue weighted by Crippen LogP contribution is -2.59. The van der Waals surface area contributed by atoms with Crippen LogP contribution >= 0.6 is 11.6 Å². The molecule has 1 aromatic carbocycles. The van der Waals surface area contributed by atoms with E-state index >= 15 is 0 Å². The summed E-state index contributed by atoms with van der Waals surface area (Å²) in [5.41, 5.74) is 6.02. The van der Waals surface area contributed by atoms with Gasteiger partial charge in [0, 0.05) is 25.4 Å². The maximum Gasteiger partial charge on any atom is 0.258 e. The Kier molecular flexibility index (Phi) is 7.81. The van der Waals surface area contributed by atoms with Crippen LogP contribution in [-0.4, -0.2) is 61.5 Å². The van der Waals surface area contributed by atoms with Crippen molar-refractivity contribution in [2.24, 2.45) is 12.8 Å². The van der Waals surface area contributed by atoms with Gasteiger partial charge >= 0.3 is 0 Å². The van der Waals surface area contributed by atoms with Gasteiger partial charge in [-0.15, -0.1) is 0 Å². The quantitative estimate of drug-likeness (QED) is 0.524. The number of benzene rings is 1. The second-order valence-corrected chi connectivity index (χ2v) is 10.2. The summed E-state index contributed by atoms with van der Waals surface area (Å²) in [5, 5.41) is 0.310. The monoisotopic (exact) mass is 510 g/mol. The number of hydrogen-bond acceptors (Lipinski definition) is 6. The number of sulfonamides is 1. The van der Waals surface area contributed by atoms with E-state index in [1.54, 1.807) is 27.0 Å². The number of aromatic nitrogens is 1. The molecular weight excluding hydrogens is 484 g/mol. The molecule has 184 valence electrons. The summed E-state index contributed by atoms with van der Waals surface area (Å²) in [7, 11) is -2.84. The van der Waals surface area contributed by atoms with E-state index in [1.807, 2.05) is 0 Å². The van der Waals surface area contributed by atoms with Crippen molar-refractivity contribution >= 4 is 33.4 Å². The Labute approximate surface area is 202 Å². The molecule has 1 aromatic heterocycles. The molecule has 1 aliphatic rings. The zero-order valence-corrected chi connectivity index (χ0v) is 20.6. The summed E-state index contributed by atoms with van der Waals surface area (Å²) in [5.74, 6) is -1.87. The normalized spacial score (nSPS) is 17.4. The Hall–Kier alpha value is -2.73.